The van der Waals surface area contributed by atoms with Crippen molar-refractivity contribution in [2.75, 3.05) is 0 Å². The van der Waals surface area contributed by atoms with E-state index in [0.717, 1.165) is 0 Å². The summed E-state index contributed by atoms with van der Waals surface area (Å²) in [5.74, 6) is 0. The van der Waals surface area contributed by atoms with E-state index in [1.807, 2.05) is 0 Å². The Morgan fingerprint density at radius 3 is 1.80 bits per heavy atom. The van der Waals surface area contributed by atoms with Crippen molar-refractivity contribution in [1.29, 1.82) is 0 Å². The summed E-state index contributed by atoms with van der Waals surface area (Å²) in [5, 5.41) is 13.6. The number of hydrogen-bond donors (Lipinski definition) is 1. The van der Waals surface area contributed by atoms with Crippen LogP contribution in [0.2, 0.25) is 0 Å². The molecule has 0 spiro atoms. The molecule has 0 heterocycles. The molecule has 4 nitrogen and oxygen atoms in total. The zero-order valence-corrected chi connectivity index (χ0v) is 2.29. The van der Waals surface area contributed by atoms with Crippen molar-refractivity contribution in [3.63, 3.8) is 0 Å². The van der Waals surface area contributed by atoms with Crippen molar-refractivity contribution in [1.82, 2.24) is 0 Å². The molecule has 5 heavy (non-hydrogen) atoms. The predicted octanol–water partition coefficient (Wildman–Crippen LogP) is -0.729. The fourth-order valence-corrected chi connectivity index (χ4v) is 0. The van der Waals surface area contributed by atoms with E-state index in [4.69, 9.17) is 15.3 Å². The average Bonchev–Trinajstić information content (AvgIpc) is 0.811. The Bertz CT molecular complexity index is 29.9. The largest absolute Gasteiger partial charge is 0.328 e. The van der Waals surface area contributed by atoms with Gasteiger partial charge < -0.3 is 5.21 Å². The maximum absolute atomic E-state index is 8.36. The van der Waals surface area contributed by atoms with E-state index in [2.05, 4.69) is 0 Å². The summed E-state index contributed by atoms with van der Waals surface area (Å²) in [5.41, 5.74) is 0. The van der Waals surface area contributed by atoms with Crippen LogP contribution in [0.15, 0.2) is 0 Å². The zero-order chi connectivity index (χ0) is 3.58. The Morgan fingerprint density at radius 1 is 1.80 bits per heavy atom. The van der Waals surface area contributed by atoms with Gasteiger partial charge in [0.2, 0.25) is 0 Å². The standard InChI is InChI=1S/B.HNO3/c;2-1(3)4/h;(H,2,3,4). The molecule has 0 bridgehead atoms. The normalized spacial score (nSPS) is 4.80. The Hall–Kier alpha value is -0.735. The molecule has 0 atom stereocenters. The fraction of sp³-hybridized carbons (Fsp3) is 0. The molecule has 0 saturated heterocycles. The molecule has 0 aromatic heterocycles. The first-order chi connectivity index (χ1) is 1.73. The Morgan fingerprint density at radius 2 is 1.80 bits per heavy atom. The van der Waals surface area contributed by atoms with Gasteiger partial charge in [0.05, 0.1) is 0 Å². The third kappa shape index (κ3) is 9.67. The second-order valence-electron chi connectivity index (χ2n) is 0.238. The Labute approximate surface area is 30.1 Å². The minimum Gasteiger partial charge on any atom is -0.328 e. The summed E-state index contributed by atoms with van der Waals surface area (Å²) >= 11 is 0. The molecule has 0 aromatic rings. The highest BCUT2D eigenvalue weighted by Crippen LogP contribution is 1.38. The third-order valence-electron chi connectivity index (χ3n) is 0. The summed E-state index contributed by atoms with van der Waals surface area (Å²) in [6.07, 6.45) is 0. The molecule has 5 heteroatoms. The van der Waals surface area contributed by atoms with Crippen molar-refractivity contribution < 1.29 is 10.3 Å². The van der Waals surface area contributed by atoms with Crippen LogP contribution in [0, 0.1) is 10.1 Å². The molecule has 0 fully saturated rings. The lowest BCUT2D eigenvalue weighted by molar-refractivity contribution is -0.742. The van der Waals surface area contributed by atoms with Crippen molar-refractivity contribution in [2.24, 2.45) is 0 Å². The molecule has 0 unspecified atom stereocenters. The highest BCUT2D eigenvalue weighted by molar-refractivity contribution is 5.75. The second kappa shape index (κ2) is 3.26. The molecule has 0 rings (SSSR count). The van der Waals surface area contributed by atoms with Gasteiger partial charge in [0.25, 0.3) is 5.09 Å². The molecular formula is HBNO3. The minimum atomic E-state index is -1.50. The SMILES string of the molecule is O=[N+]([O-])O.[B]. The third-order valence-corrected chi connectivity index (χ3v) is 0. The number of rotatable bonds is 0. The van der Waals surface area contributed by atoms with Gasteiger partial charge in [0.1, 0.15) is 0 Å². The van der Waals surface area contributed by atoms with Crippen LogP contribution in [0.1, 0.15) is 0 Å². The molecule has 0 aliphatic heterocycles. The van der Waals surface area contributed by atoms with Gasteiger partial charge in [-0.25, -0.2) is 0 Å². The second-order valence-corrected chi connectivity index (χ2v) is 0.238. The maximum Gasteiger partial charge on any atom is 0.291 e. The van der Waals surface area contributed by atoms with Crippen molar-refractivity contribution >= 4 is 8.41 Å². The minimum absolute atomic E-state index is 0. The zero-order valence-electron chi connectivity index (χ0n) is 2.29. The smallest absolute Gasteiger partial charge is 0.291 e. The predicted molar refractivity (Wildman–Crippen MR) is 14.5 cm³/mol. The molecule has 0 amide bonds. The number of hydrogen-bond acceptors (Lipinski definition) is 2. The summed E-state index contributed by atoms with van der Waals surface area (Å²) < 4.78 is 0. The first-order valence-corrected chi connectivity index (χ1v) is 0.565. The lowest BCUT2D eigenvalue weighted by Crippen LogP contribution is -1.81. The summed E-state index contributed by atoms with van der Waals surface area (Å²) in [6, 6.07) is 0. The van der Waals surface area contributed by atoms with Gasteiger partial charge in [0.15, 0.2) is 0 Å². The van der Waals surface area contributed by atoms with E-state index in [1.165, 1.54) is 0 Å². The molecule has 0 saturated carbocycles. The van der Waals surface area contributed by atoms with Gasteiger partial charge in [-0.1, -0.05) is 0 Å². The molecule has 1 N–H and O–H groups in total. The molecule has 0 aliphatic carbocycles. The van der Waals surface area contributed by atoms with Crippen LogP contribution in [0.3, 0.4) is 0 Å². The summed E-state index contributed by atoms with van der Waals surface area (Å²) in [7, 11) is 0. The van der Waals surface area contributed by atoms with Crippen LogP contribution >= 0.6 is 0 Å². The van der Waals surface area contributed by atoms with Crippen LogP contribution in [-0.4, -0.2) is 18.7 Å². The lowest BCUT2D eigenvalue weighted by Gasteiger charge is -1.56. The highest BCUT2D eigenvalue weighted by Gasteiger charge is 1.65. The molecule has 0 aromatic carbocycles. The van der Waals surface area contributed by atoms with Gasteiger partial charge in [-0.2, -0.15) is 0 Å². The van der Waals surface area contributed by atoms with Crippen molar-refractivity contribution in [2.45, 2.75) is 0 Å². The van der Waals surface area contributed by atoms with E-state index >= 15 is 0 Å². The van der Waals surface area contributed by atoms with Crippen LogP contribution < -0.4 is 0 Å². The maximum atomic E-state index is 8.36. The van der Waals surface area contributed by atoms with E-state index in [9.17, 15) is 0 Å². The first-order valence-electron chi connectivity index (χ1n) is 0.565. The fourth-order valence-electron chi connectivity index (χ4n) is 0. The van der Waals surface area contributed by atoms with Gasteiger partial charge >= 0.3 is 0 Å². The highest BCUT2D eigenvalue weighted by atomic mass is 16.9. The van der Waals surface area contributed by atoms with Gasteiger partial charge in [-0.15, -0.1) is 10.1 Å². The average molecular weight is 73.8 g/mol. The van der Waals surface area contributed by atoms with E-state index in [-0.39, 0.29) is 8.41 Å². The first kappa shape index (κ1) is 8.86. The molecule has 0 aliphatic rings. The van der Waals surface area contributed by atoms with Crippen molar-refractivity contribution in [3.8, 4) is 0 Å². The van der Waals surface area contributed by atoms with E-state index in [1.54, 1.807) is 0 Å². The van der Waals surface area contributed by atoms with Crippen LogP contribution in [0.25, 0.3) is 0 Å². The van der Waals surface area contributed by atoms with Gasteiger partial charge in [0, 0.05) is 8.41 Å². The topological polar surface area (TPSA) is 63.4 Å². The van der Waals surface area contributed by atoms with Crippen LogP contribution in [-0.2, 0) is 0 Å². The quantitative estimate of drug-likeness (QED) is 0.234. The van der Waals surface area contributed by atoms with Crippen molar-refractivity contribution in [3.05, 3.63) is 10.1 Å². The summed E-state index contributed by atoms with van der Waals surface area (Å²) in [6.45, 7) is 0. The van der Waals surface area contributed by atoms with Gasteiger partial charge in [-0.3, -0.25) is 0 Å². The Kier molecular flexibility index (Phi) is 5.79. The lowest BCUT2D eigenvalue weighted by atomic mass is 10.8. The summed E-state index contributed by atoms with van der Waals surface area (Å²) in [4.78, 5) is 8.36. The van der Waals surface area contributed by atoms with Crippen LogP contribution in [0.5, 0.6) is 0 Å². The van der Waals surface area contributed by atoms with Crippen LogP contribution in [0.4, 0.5) is 0 Å². The molecular weight excluding hydrogens is 72.8 g/mol. The van der Waals surface area contributed by atoms with E-state index < -0.39 is 5.09 Å². The Balaban J connectivity index is 0. The monoisotopic (exact) mass is 74.0 g/mol. The van der Waals surface area contributed by atoms with Gasteiger partial charge in [-0.05, 0) is 0 Å². The molecule has 27 valence electrons. The number of nitrogens with zero attached hydrogens (tertiary/aromatic N) is 1. The molecule has 3 radical (unpaired) electrons. The van der Waals surface area contributed by atoms with E-state index in [0.29, 0.717) is 0 Å².